The van der Waals surface area contributed by atoms with Gasteiger partial charge < -0.3 is 9.88 Å². The van der Waals surface area contributed by atoms with Crippen LogP contribution in [0.15, 0.2) is 60.1 Å². The monoisotopic (exact) mass is 362 g/mol. The van der Waals surface area contributed by atoms with Crippen LogP contribution in [0.5, 0.6) is 0 Å². The van der Waals surface area contributed by atoms with Crippen LogP contribution in [0.25, 0.3) is 11.3 Å². The van der Waals surface area contributed by atoms with Crippen molar-refractivity contribution >= 4 is 23.4 Å². The van der Waals surface area contributed by atoms with Crippen molar-refractivity contribution in [2.75, 3.05) is 11.1 Å². The smallest absolute Gasteiger partial charge is 0.234 e. The molecule has 0 atom stereocenters. The molecule has 0 aliphatic carbocycles. The fourth-order valence-corrected chi connectivity index (χ4v) is 3.34. The number of imidazole rings is 1. The number of terminal acetylenes is 1. The number of hydrogen-bond acceptors (Lipinski definition) is 4. The lowest BCUT2D eigenvalue weighted by atomic mass is 10.2. The number of aromatic nitrogens is 3. The Morgan fingerprint density at radius 3 is 2.73 bits per heavy atom. The third-order valence-electron chi connectivity index (χ3n) is 3.76. The minimum Gasteiger partial charge on any atom is -0.325 e. The average molecular weight is 362 g/mol. The van der Waals surface area contributed by atoms with Crippen LogP contribution >= 0.6 is 11.8 Å². The van der Waals surface area contributed by atoms with E-state index in [1.807, 2.05) is 24.5 Å². The van der Waals surface area contributed by atoms with Crippen molar-refractivity contribution in [1.82, 2.24) is 14.5 Å². The Labute approximate surface area is 156 Å². The third-order valence-corrected chi connectivity index (χ3v) is 4.75. The van der Waals surface area contributed by atoms with Crippen LogP contribution in [-0.4, -0.2) is 26.2 Å². The summed E-state index contributed by atoms with van der Waals surface area (Å²) in [4.78, 5) is 20.8. The molecule has 1 amide bonds. The highest BCUT2D eigenvalue weighted by molar-refractivity contribution is 7.99. The van der Waals surface area contributed by atoms with E-state index in [2.05, 4.69) is 32.7 Å². The van der Waals surface area contributed by atoms with Crippen LogP contribution in [-0.2, 0) is 11.3 Å². The minimum absolute atomic E-state index is 0.0861. The van der Waals surface area contributed by atoms with E-state index < -0.39 is 0 Å². The molecular formula is C20H18N4OS. The molecular weight excluding hydrogens is 344 g/mol. The number of hydrogen-bond donors (Lipinski definition) is 1. The lowest BCUT2D eigenvalue weighted by Gasteiger charge is -2.09. The highest BCUT2D eigenvalue weighted by Gasteiger charge is 2.13. The summed E-state index contributed by atoms with van der Waals surface area (Å²) >= 11 is 1.41. The molecule has 0 saturated heterocycles. The number of benzene rings is 1. The fraction of sp³-hybridized carbons (Fsp3) is 0.150. The largest absolute Gasteiger partial charge is 0.325 e. The molecule has 2 heterocycles. The predicted molar refractivity (Wildman–Crippen MR) is 105 cm³/mol. The molecule has 5 nitrogen and oxygen atoms in total. The summed E-state index contributed by atoms with van der Waals surface area (Å²) in [5.74, 6) is 2.74. The summed E-state index contributed by atoms with van der Waals surface area (Å²) in [6, 6.07) is 11.1. The molecule has 0 saturated carbocycles. The predicted octanol–water partition coefficient (Wildman–Crippen LogP) is 3.68. The second-order valence-electron chi connectivity index (χ2n) is 5.47. The van der Waals surface area contributed by atoms with Crippen molar-refractivity contribution in [3.05, 3.63) is 60.6 Å². The van der Waals surface area contributed by atoms with E-state index in [-0.39, 0.29) is 11.7 Å². The second kappa shape index (κ2) is 8.37. The van der Waals surface area contributed by atoms with Crippen molar-refractivity contribution in [1.29, 1.82) is 0 Å². The van der Waals surface area contributed by atoms with Gasteiger partial charge in [0.25, 0.3) is 0 Å². The van der Waals surface area contributed by atoms with Crippen molar-refractivity contribution in [2.24, 2.45) is 0 Å². The molecule has 0 unspecified atom stereocenters. The first-order valence-electron chi connectivity index (χ1n) is 8.16. The van der Waals surface area contributed by atoms with Gasteiger partial charge in [-0.3, -0.25) is 9.78 Å². The molecule has 0 radical (unpaired) electrons. The summed E-state index contributed by atoms with van der Waals surface area (Å²) in [7, 11) is 0. The molecule has 1 aromatic carbocycles. The molecule has 0 aliphatic rings. The van der Waals surface area contributed by atoms with Crippen LogP contribution in [0.1, 0.15) is 12.5 Å². The Morgan fingerprint density at radius 2 is 2.08 bits per heavy atom. The van der Waals surface area contributed by atoms with Gasteiger partial charge in [0.2, 0.25) is 5.91 Å². The first kappa shape index (κ1) is 17.8. The number of rotatable bonds is 6. The van der Waals surface area contributed by atoms with E-state index in [1.54, 1.807) is 30.5 Å². The summed E-state index contributed by atoms with van der Waals surface area (Å²) in [6.45, 7) is 2.82. The zero-order chi connectivity index (χ0) is 18.4. The van der Waals surface area contributed by atoms with Gasteiger partial charge in [-0.1, -0.05) is 17.7 Å². The molecule has 0 bridgehead atoms. The zero-order valence-corrected chi connectivity index (χ0v) is 15.2. The molecule has 2 aromatic heterocycles. The summed E-state index contributed by atoms with van der Waals surface area (Å²) < 4.78 is 2.08. The van der Waals surface area contributed by atoms with Crippen molar-refractivity contribution < 1.29 is 4.79 Å². The first-order valence-corrected chi connectivity index (χ1v) is 9.15. The van der Waals surface area contributed by atoms with Gasteiger partial charge in [0.1, 0.15) is 0 Å². The number of thioether (sulfide) groups is 1. The van der Waals surface area contributed by atoms with Gasteiger partial charge in [-0.25, -0.2) is 4.98 Å². The number of carbonyl (C=O) groups excluding carboxylic acids is 1. The van der Waals surface area contributed by atoms with Crippen molar-refractivity contribution in [3.8, 4) is 23.6 Å². The lowest BCUT2D eigenvalue weighted by Crippen LogP contribution is -2.14. The van der Waals surface area contributed by atoms with E-state index in [1.165, 1.54) is 11.8 Å². The van der Waals surface area contributed by atoms with E-state index in [0.29, 0.717) is 0 Å². The van der Waals surface area contributed by atoms with Crippen LogP contribution < -0.4 is 5.32 Å². The Balaban J connectivity index is 1.65. The number of nitrogens with one attached hydrogen (secondary N) is 1. The van der Waals surface area contributed by atoms with Crippen molar-refractivity contribution in [2.45, 2.75) is 18.6 Å². The number of amides is 1. The minimum atomic E-state index is -0.0861. The maximum atomic E-state index is 12.2. The molecule has 3 rings (SSSR count). The SMILES string of the molecule is C#Cc1ccc(NC(=O)CSc2ncc(-c3cccnc3)n2CC)cc1. The van der Waals surface area contributed by atoms with Crippen molar-refractivity contribution in [3.63, 3.8) is 0 Å². The number of pyridine rings is 1. The molecule has 0 aliphatic heterocycles. The molecule has 130 valence electrons. The zero-order valence-electron chi connectivity index (χ0n) is 14.3. The summed E-state index contributed by atoms with van der Waals surface area (Å²) in [6.07, 6.45) is 10.7. The van der Waals surface area contributed by atoms with E-state index in [0.717, 1.165) is 34.2 Å². The molecule has 1 N–H and O–H groups in total. The maximum Gasteiger partial charge on any atom is 0.234 e. The van der Waals surface area contributed by atoms with E-state index in [4.69, 9.17) is 6.42 Å². The standard InChI is InChI=1S/C20H18N4OS/c1-3-15-7-9-17(10-8-15)23-19(25)14-26-20-22-13-18(24(20)4-2)16-6-5-11-21-12-16/h1,5-13H,4,14H2,2H3,(H,23,25). The van der Waals surface area contributed by atoms with Crippen LogP contribution in [0.3, 0.4) is 0 Å². The van der Waals surface area contributed by atoms with E-state index >= 15 is 0 Å². The Kier molecular flexibility index (Phi) is 5.72. The molecule has 0 fully saturated rings. The highest BCUT2D eigenvalue weighted by Crippen LogP contribution is 2.25. The highest BCUT2D eigenvalue weighted by atomic mass is 32.2. The first-order chi connectivity index (χ1) is 12.7. The lowest BCUT2D eigenvalue weighted by molar-refractivity contribution is -0.113. The quantitative estimate of drug-likeness (QED) is 0.537. The van der Waals surface area contributed by atoms with Gasteiger partial charge in [-0.2, -0.15) is 0 Å². The topological polar surface area (TPSA) is 59.8 Å². The average Bonchev–Trinajstić information content (AvgIpc) is 3.10. The number of nitrogens with zero attached hydrogens (tertiary/aromatic N) is 3. The number of carbonyl (C=O) groups is 1. The normalized spacial score (nSPS) is 10.3. The Bertz CT molecular complexity index is 927. The van der Waals surface area contributed by atoms with Gasteiger partial charge in [0, 0.05) is 35.8 Å². The molecule has 26 heavy (non-hydrogen) atoms. The Hall–Kier alpha value is -3.04. The van der Waals surface area contributed by atoms with Gasteiger partial charge in [-0.15, -0.1) is 6.42 Å². The molecule has 3 aromatic rings. The van der Waals surface area contributed by atoms with Crippen LogP contribution in [0.4, 0.5) is 5.69 Å². The Morgan fingerprint density at radius 1 is 1.27 bits per heavy atom. The van der Waals surface area contributed by atoms with Crippen LogP contribution in [0.2, 0.25) is 0 Å². The van der Waals surface area contributed by atoms with Gasteiger partial charge in [0.15, 0.2) is 5.16 Å². The second-order valence-corrected chi connectivity index (χ2v) is 6.41. The maximum absolute atomic E-state index is 12.2. The van der Waals surface area contributed by atoms with Gasteiger partial charge >= 0.3 is 0 Å². The van der Waals surface area contributed by atoms with Gasteiger partial charge in [0.05, 0.1) is 17.6 Å². The summed E-state index contributed by atoms with van der Waals surface area (Å²) in [5.41, 5.74) is 3.51. The van der Waals surface area contributed by atoms with Gasteiger partial charge in [-0.05, 0) is 43.3 Å². The van der Waals surface area contributed by atoms with Crippen LogP contribution in [0, 0.1) is 12.3 Å². The summed E-state index contributed by atoms with van der Waals surface area (Å²) in [5, 5.41) is 3.67. The molecule has 0 spiro atoms. The fourth-order valence-electron chi connectivity index (χ4n) is 2.50. The third kappa shape index (κ3) is 4.13. The van der Waals surface area contributed by atoms with E-state index in [9.17, 15) is 4.79 Å². The molecule has 6 heteroatoms. The number of anilines is 1.